The zero-order valence-electron chi connectivity index (χ0n) is 11.6. The minimum absolute atomic E-state index is 0.137. The number of aryl methyl sites for hydroxylation is 1. The lowest BCUT2D eigenvalue weighted by atomic mass is 9.85. The monoisotopic (exact) mass is 261 g/mol. The maximum Gasteiger partial charge on any atom is 0.303 e. The largest absolute Gasteiger partial charge is 0.481 e. The predicted octanol–water partition coefficient (Wildman–Crippen LogP) is 2.49. The summed E-state index contributed by atoms with van der Waals surface area (Å²) in [4.78, 5) is 19.6. The SMILES string of the molecule is CCn1c(CC(C)(C)CC(=O)O)nc2cnccc21. The molecule has 2 heterocycles. The average Bonchev–Trinajstić information content (AvgIpc) is 2.62. The normalized spacial score (nSPS) is 11.9. The first-order valence-electron chi connectivity index (χ1n) is 6.44. The molecule has 0 aromatic carbocycles. The fraction of sp³-hybridized carbons (Fsp3) is 0.500. The summed E-state index contributed by atoms with van der Waals surface area (Å²) in [5, 5.41) is 8.96. The molecule has 2 aromatic rings. The number of aliphatic carboxylic acids is 1. The van der Waals surface area contributed by atoms with Crippen LogP contribution in [0.1, 0.15) is 33.0 Å². The zero-order chi connectivity index (χ0) is 14.0. The summed E-state index contributed by atoms with van der Waals surface area (Å²) in [6.45, 7) is 6.80. The number of rotatable bonds is 5. The highest BCUT2D eigenvalue weighted by Crippen LogP contribution is 2.27. The van der Waals surface area contributed by atoms with Crippen molar-refractivity contribution in [1.29, 1.82) is 0 Å². The molecule has 0 fully saturated rings. The smallest absolute Gasteiger partial charge is 0.303 e. The molecule has 0 amide bonds. The second-order valence-electron chi connectivity index (χ2n) is 5.55. The van der Waals surface area contributed by atoms with Gasteiger partial charge in [-0.1, -0.05) is 13.8 Å². The van der Waals surface area contributed by atoms with E-state index in [1.807, 2.05) is 19.9 Å². The van der Waals surface area contributed by atoms with Gasteiger partial charge in [0.15, 0.2) is 0 Å². The van der Waals surface area contributed by atoms with E-state index in [1.165, 1.54) is 0 Å². The summed E-state index contributed by atoms with van der Waals surface area (Å²) in [5.41, 5.74) is 1.61. The second-order valence-corrected chi connectivity index (χ2v) is 5.55. The number of imidazole rings is 1. The van der Waals surface area contributed by atoms with Crippen molar-refractivity contribution in [3.05, 3.63) is 24.3 Å². The number of hydrogen-bond acceptors (Lipinski definition) is 3. The third-order valence-corrected chi connectivity index (χ3v) is 3.21. The van der Waals surface area contributed by atoms with Gasteiger partial charge in [0.05, 0.1) is 18.1 Å². The van der Waals surface area contributed by atoms with Crippen LogP contribution in [-0.4, -0.2) is 25.6 Å². The highest BCUT2D eigenvalue weighted by Gasteiger charge is 2.25. The number of fused-ring (bicyclic) bond motifs is 1. The van der Waals surface area contributed by atoms with Crippen LogP contribution in [0.25, 0.3) is 11.0 Å². The molecule has 0 aliphatic rings. The van der Waals surface area contributed by atoms with Gasteiger partial charge in [-0.3, -0.25) is 9.78 Å². The van der Waals surface area contributed by atoms with Crippen molar-refractivity contribution < 1.29 is 9.90 Å². The van der Waals surface area contributed by atoms with E-state index in [4.69, 9.17) is 5.11 Å². The van der Waals surface area contributed by atoms with Crippen LogP contribution in [0, 0.1) is 5.41 Å². The zero-order valence-corrected chi connectivity index (χ0v) is 11.6. The number of hydrogen-bond donors (Lipinski definition) is 1. The lowest BCUT2D eigenvalue weighted by Crippen LogP contribution is -2.21. The highest BCUT2D eigenvalue weighted by atomic mass is 16.4. The molecule has 0 spiro atoms. The Balaban J connectivity index is 2.37. The number of carbonyl (C=O) groups is 1. The Kier molecular flexibility index (Phi) is 3.55. The molecule has 0 bridgehead atoms. The summed E-state index contributed by atoms with van der Waals surface area (Å²) >= 11 is 0. The first-order valence-corrected chi connectivity index (χ1v) is 6.44. The summed E-state index contributed by atoms with van der Waals surface area (Å²) in [6.07, 6.45) is 4.28. The van der Waals surface area contributed by atoms with Gasteiger partial charge >= 0.3 is 5.97 Å². The Labute approximate surface area is 112 Å². The van der Waals surface area contributed by atoms with Crippen LogP contribution in [0.3, 0.4) is 0 Å². The van der Waals surface area contributed by atoms with Crippen LogP contribution in [0.15, 0.2) is 18.5 Å². The van der Waals surface area contributed by atoms with Crippen molar-refractivity contribution in [3.8, 4) is 0 Å². The lowest BCUT2D eigenvalue weighted by Gasteiger charge is -2.22. The van der Waals surface area contributed by atoms with Gasteiger partial charge in [-0.05, 0) is 18.4 Å². The molecule has 0 saturated heterocycles. The van der Waals surface area contributed by atoms with Crippen molar-refractivity contribution in [3.63, 3.8) is 0 Å². The summed E-state index contributed by atoms with van der Waals surface area (Å²) in [6, 6.07) is 1.94. The number of nitrogens with zero attached hydrogens (tertiary/aromatic N) is 3. The molecule has 0 radical (unpaired) electrons. The summed E-state index contributed by atoms with van der Waals surface area (Å²) < 4.78 is 2.13. The Morgan fingerprint density at radius 1 is 1.47 bits per heavy atom. The molecule has 0 unspecified atom stereocenters. The van der Waals surface area contributed by atoms with E-state index < -0.39 is 5.97 Å². The number of aromatic nitrogens is 3. The van der Waals surface area contributed by atoms with Crippen molar-refractivity contribution in [2.24, 2.45) is 5.41 Å². The standard InChI is InChI=1S/C14H19N3O2/c1-4-17-11-5-6-15-9-10(11)16-12(17)7-14(2,3)8-13(18)19/h5-6,9H,4,7-8H2,1-3H3,(H,18,19). The van der Waals surface area contributed by atoms with Crippen LogP contribution in [-0.2, 0) is 17.8 Å². The van der Waals surface area contributed by atoms with E-state index in [0.717, 1.165) is 23.4 Å². The van der Waals surface area contributed by atoms with E-state index in [2.05, 4.69) is 21.5 Å². The van der Waals surface area contributed by atoms with Crippen LogP contribution < -0.4 is 0 Å². The van der Waals surface area contributed by atoms with Crippen molar-refractivity contribution in [2.75, 3.05) is 0 Å². The molecule has 19 heavy (non-hydrogen) atoms. The van der Waals surface area contributed by atoms with Gasteiger partial charge < -0.3 is 9.67 Å². The quantitative estimate of drug-likeness (QED) is 0.897. The molecule has 1 N–H and O–H groups in total. The van der Waals surface area contributed by atoms with Crippen molar-refractivity contribution >= 4 is 17.0 Å². The molecule has 5 nitrogen and oxygen atoms in total. The molecule has 0 atom stereocenters. The number of carboxylic acids is 1. The third kappa shape index (κ3) is 2.92. The Morgan fingerprint density at radius 2 is 2.21 bits per heavy atom. The van der Waals surface area contributed by atoms with Crippen molar-refractivity contribution in [1.82, 2.24) is 14.5 Å². The topological polar surface area (TPSA) is 68.0 Å². The first kappa shape index (κ1) is 13.5. The molecule has 102 valence electrons. The third-order valence-electron chi connectivity index (χ3n) is 3.21. The van der Waals surface area contributed by atoms with E-state index in [9.17, 15) is 4.79 Å². The molecule has 0 saturated carbocycles. The molecule has 2 aromatic heterocycles. The van der Waals surface area contributed by atoms with Gasteiger partial charge in [-0.2, -0.15) is 0 Å². The molecule has 0 aliphatic heterocycles. The van der Waals surface area contributed by atoms with E-state index in [-0.39, 0.29) is 11.8 Å². The Morgan fingerprint density at radius 3 is 2.84 bits per heavy atom. The summed E-state index contributed by atoms with van der Waals surface area (Å²) in [5.74, 6) is 0.155. The molecule has 2 rings (SSSR count). The van der Waals surface area contributed by atoms with Gasteiger partial charge in [0.25, 0.3) is 0 Å². The fourth-order valence-electron chi connectivity index (χ4n) is 2.42. The minimum atomic E-state index is -0.772. The Hall–Kier alpha value is -1.91. The molecule has 5 heteroatoms. The van der Waals surface area contributed by atoms with Crippen LogP contribution in [0.5, 0.6) is 0 Å². The number of pyridine rings is 1. The Bertz CT molecular complexity index is 602. The van der Waals surface area contributed by atoms with Gasteiger partial charge in [0.2, 0.25) is 0 Å². The summed E-state index contributed by atoms with van der Waals surface area (Å²) in [7, 11) is 0. The number of carboxylic acid groups (broad SMARTS) is 1. The van der Waals surface area contributed by atoms with Gasteiger partial charge in [0, 0.05) is 19.2 Å². The molecular formula is C14H19N3O2. The van der Waals surface area contributed by atoms with Crippen LogP contribution in [0.4, 0.5) is 0 Å². The second kappa shape index (κ2) is 4.99. The predicted molar refractivity (Wildman–Crippen MR) is 72.9 cm³/mol. The van der Waals surface area contributed by atoms with Crippen LogP contribution in [0.2, 0.25) is 0 Å². The van der Waals surface area contributed by atoms with Crippen LogP contribution >= 0.6 is 0 Å². The maximum atomic E-state index is 10.9. The maximum absolute atomic E-state index is 10.9. The van der Waals surface area contributed by atoms with E-state index in [1.54, 1.807) is 12.4 Å². The fourth-order valence-corrected chi connectivity index (χ4v) is 2.42. The van der Waals surface area contributed by atoms with E-state index >= 15 is 0 Å². The average molecular weight is 261 g/mol. The molecular weight excluding hydrogens is 242 g/mol. The van der Waals surface area contributed by atoms with Crippen molar-refractivity contribution in [2.45, 2.75) is 40.2 Å². The van der Waals surface area contributed by atoms with Gasteiger partial charge in [-0.25, -0.2) is 4.98 Å². The van der Waals surface area contributed by atoms with Gasteiger partial charge in [-0.15, -0.1) is 0 Å². The van der Waals surface area contributed by atoms with E-state index in [0.29, 0.717) is 6.42 Å². The van der Waals surface area contributed by atoms with Gasteiger partial charge in [0.1, 0.15) is 11.3 Å². The first-order chi connectivity index (χ1) is 8.93. The lowest BCUT2D eigenvalue weighted by molar-refractivity contribution is -0.139. The molecule has 0 aliphatic carbocycles. The minimum Gasteiger partial charge on any atom is -0.481 e. The highest BCUT2D eigenvalue weighted by molar-refractivity contribution is 5.74.